The van der Waals surface area contributed by atoms with Gasteiger partial charge in [0.15, 0.2) is 0 Å². The highest BCUT2D eigenvalue weighted by molar-refractivity contribution is 5.68. The molecule has 0 N–H and O–H groups in total. The number of ether oxygens (including phenoxy) is 1. The Kier molecular flexibility index (Phi) is 3.42. The number of nitrogens with zero attached hydrogens (tertiary/aromatic N) is 2. The molecule has 0 amide bonds. The maximum atomic E-state index is 5.40. The molecule has 18 heavy (non-hydrogen) atoms. The number of hydrogen-bond acceptors (Lipinski definition) is 3. The number of allylic oxidation sites excluding steroid dienone is 3. The highest BCUT2D eigenvalue weighted by Crippen LogP contribution is 2.27. The maximum absolute atomic E-state index is 5.40. The van der Waals surface area contributed by atoms with Crippen LogP contribution in [0, 0.1) is 0 Å². The molecule has 1 aliphatic heterocycles. The summed E-state index contributed by atoms with van der Waals surface area (Å²) in [5.41, 5.74) is 3.99. The molecule has 1 saturated heterocycles. The first-order valence-electron chi connectivity index (χ1n) is 6.57. The lowest BCUT2D eigenvalue weighted by Crippen LogP contribution is -2.35. The van der Waals surface area contributed by atoms with E-state index in [0.717, 1.165) is 39.1 Å². The average molecular weight is 242 g/mol. The van der Waals surface area contributed by atoms with Gasteiger partial charge in [0.25, 0.3) is 0 Å². The van der Waals surface area contributed by atoms with Gasteiger partial charge in [-0.05, 0) is 36.1 Å². The number of hydrogen-bond donors (Lipinski definition) is 0. The van der Waals surface area contributed by atoms with Crippen molar-refractivity contribution in [3.05, 3.63) is 47.9 Å². The fourth-order valence-electron chi connectivity index (χ4n) is 2.51. The van der Waals surface area contributed by atoms with Gasteiger partial charge in [0.1, 0.15) is 0 Å². The van der Waals surface area contributed by atoms with Gasteiger partial charge < -0.3 is 9.64 Å². The van der Waals surface area contributed by atoms with Crippen molar-refractivity contribution in [1.82, 2.24) is 9.88 Å². The Bertz CT molecular complexity index is 459. The third-order valence-corrected chi connectivity index (χ3v) is 3.50. The Balaban J connectivity index is 1.80. The predicted octanol–water partition coefficient (Wildman–Crippen LogP) is 2.47. The van der Waals surface area contributed by atoms with Gasteiger partial charge in [0.05, 0.1) is 13.2 Å². The summed E-state index contributed by atoms with van der Waals surface area (Å²) in [6, 6.07) is 4.14. The Morgan fingerprint density at radius 2 is 2.11 bits per heavy atom. The summed E-state index contributed by atoms with van der Waals surface area (Å²) in [7, 11) is 0. The summed E-state index contributed by atoms with van der Waals surface area (Å²) in [6.07, 6.45) is 10.7. The fraction of sp³-hybridized carbons (Fsp3) is 0.400. The normalized spacial score (nSPS) is 20.3. The van der Waals surface area contributed by atoms with Crippen molar-refractivity contribution in [2.75, 3.05) is 26.3 Å². The molecular weight excluding hydrogens is 224 g/mol. The van der Waals surface area contributed by atoms with Crippen LogP contribution in [0.4, 0.5) is 0 Å². The summed E-state index contributed by atoms with van der Waals surface area (Å²) >= 11 is 0. The van der Waals surface area contributed by atoms with Crippen LogP contribution in [0.5, 0.6) is 0 Å². The van der Waals surface area contributed by atoms with Gasteiger partial charge in [-0.15, -0.1) is 0 Å². The molecule has 2 aliphatic rings. The molecule has 0 unspecified atom stereocenters. The Labute approximate surface area is 108 Å². The van der Waals surface area contributed by atoms with Gasteiger partial charge in [-0.3, -0.25) is 4.98 Å². The lowest BCUT2D eigenvalue weighted by molar-refractivity contribution is 0.0552. The van der Waals surface area contributed by atoms with Crippen molar-refractivity contribution in [3.8, 4) is 0 Å². The second-order valence-corrected chi connectivity index (χ2v) is 4.68. The van der Waals surface area contributed by atoms with E-state index in [2.05, 4.69) is 28.1 Å². The van der Waals surface area contributed by atoms with E-state index in [4.69, 9.17) is 4.74 Å². The topological polar surface area (TPSA) is 25.4 Å². The summed E-state index contributed by atoms with van der Waals surface area (Å²) in [4.78, 5) is 6.62. The van der Waals surface area contributed by atoms with Gasteiger partial charge >= 0.3 is 0 Å². The minimum absolute atomic E-state index is 0.841. The summed E-state index contributed by atoms with van der Waals surface area (Å²) in [5, 5.41) is 0. The van der Waals surface area contributed by atoms with Crippen LogP contribution in [-0.4, -0.2) is 36.2 Å². The Hall–Kier alpha value is -1.61. The largest absolute Gasteiger partial charge is 0.378 e. The minimum Gasteiger partial charge on any atom is -0.378 e. The zero-order valence-electron chi connectivity index (χ0n) is 10.5. The Morgan fingerprint density at radius 3 is 2.89 bits per heavy atom. The number of rotatable bonds is 2. The monoisotopic (exact) mass is 242 g/mol. The molecule has 3 nitrogen and oxygen atoms in total. The van der Waals surface area contributed by atoms with Crippen LogP contribution in [0.25, 0.3) is 5.57 Å². The summed E-state index contributed by atoms with van der Waals surface area (Å²) in [5.74, 6) is 0. The molecule has 1 aromatic heterocycles. The van der Waals surface area contributed by atoms with Gasteiger partial charge in [-0.2, -0.15) is 0 Å². The molecule has 3 rings (SSSR count). The average Bonchev–Trinajstić information content (AvgIpc) is 2.49. The molecule has 0 radical (unpaired) electrons. The number of aromatic nitrogens is 1. The SMILES string of the molecule is C1=C(c2cccnc2)CCC=C1N1CCOCC1. The van der Waals surface area contributed by atoms with Crippen molar-refractivity contribution in [1.29, 1.82) is 0 Å². The fourth-order valence-corrected chi connectivity index (χ4v) is 2.51. The van der Waals surface area contributed by atoms with Crippen molar-refractivity contribution >= 4 is 5.57 Å². The predicted molar refractivity (Wildman–Crippen MR) is 71.9 cm³/mol. The van der Waals surface area contributed by atoms with E-state index in [1.807, 2.05) is 18.5 Å². The molecule has 1 fully saturated rings. The van der Waals surface area contributed by atoms with Gasteiger partial charge in [-0.25, -0.2) is 0 Å². The molecule has 1 aliphatic carbocycles. The zero-order valence-corrected chi connectivity index (χ0v) is 10.5. The summed E-state index contributed by atoms with van der Waals surface area (Å²) < 4.78 is 5.40. The van der Waals surface area contributed by atoms with E-state index < -0.39 is 0 Å². The van der Waals surface area contributed by atoms with Crippen LogP contribution in [-0.2, 0) is 4.74 Å². The minimum atomic E-state index is 0.841. The molecule has 0 aromatic carbocycles. The molecule has 0 atom stereocenters. The first kappa shape index (κ1) is 11.5. The highest BCUT2D eigenvalue weighted by atomic mass is 16.5. The van der Waals surface area contributed by atoms with Crippen LogP contribution < -0.4 is 0 Å². The van der Waals surface area contributed by atoms with Crippen LogP contribution in [0.15, 0.2) is 42.4 Å². The molecular formula is C15H18N2O. The highest BCUT2D eigenvalue weighted by Gasteiger charge is 2.15. The molecule has 1 aromatic rings. The van der Waals surface area contributed by atoms with E-state index >= 15 is 0 Å². The van der Waals surface area contributed by atoms with Gasteiger partial charge in [0, 0.05) is 31.2 Å². The number of morpholine rings is 1. The van der Waals surface area contributed by atoms with E-state index in [1.165, 1.54) is 16.8 Å². The van der Waals surface area contributed by atoms with Crippen LogP contribution in [0.1, 0.15) is 18.4 Å². The lowest BCUT2D eigenvalue weighted by Gasteiger charge is -2.31. The lowest BCUT2D eigenvalue weighted by atomic mass is 9.97. The van der Waals surface area contributed by atoms with Crippen molar-refractivity contribution < 1.29 is 4.74 Å². The van der Waals surface area contributed by atoms with Crippen LogP contribution in [0.3, 0.4) is 0 Å². The van der Waals surface area contributed by atoms with E-state index in [0.29, 0.717) is 0 Å². The van der Waals surface area contributed by atoms with Gasteiger partial charge in [0.2, 0.25) is 0 Å². The summed E-state index contributed by atoms with van der Waals surface area (Å²) in [6.45, 7) is 3.69. The van der Waals surface area contributed by atoms with Crippen molar-refractivity contribution in [3.63, 3.8) is 0 Å². The zero-order chi connectivity index (χ0) is 12.2. The molecule has 3 heteroatoms. The Morgan fingerprint density at radius 1 is 1.22 bits per heavy atom. The maximum Gasteiger partial charge on any atom is 0.0642 e. The third kappa shape index (κ3) is 2.46. The van der Waals surface area contributed by atoms with E-state index in [-0.39, 0.29) is 0 Å². The first-order valence-corrected chi connectivity index (χ1v) is 6.57. The molecule has 94 valence electrons. The number of pyridine rings is 1. The van der Waals surface area contributed by atoms with Crippen molar-refractivity contribution in [2.24, 2.45) is 0 Å². The van der Waals surface area contributed by atoms with E-state index in [9.17, 15) is 0 Å². The van der Waals surface area contributed by atoms with Crippen LogP contribution >= 0.6 is 0 Å². The molecule has 0 spiro atoms. The molecule has 2 heterocycles. The second kappa shape index (κ2) is 5.36. The first-order chi connectivity index (χ1) is 8.93. The van der Waals surface area contributed by atoms with Gasteiger partial charge in [-0.1, -0.05) is 12.1 Å². The standard InChI is InChI=1S/C15H18N2O/c1-3-13(14-4-2-6-16-12-14)11-15(5-1)17-7-9-18-10-8-17/h2,4-6,11-12H,1,3,7-10H2. The molecule has 0 bridgehead atoms. The molecule has 0 saturated carbocycles. The third-order valence-electron chi connectivity index (χ3n) is 3.50. The second-order valence-electron chi connectivity index (χ2n) is 4.68. The van der Waals surface area contributed by atoms with E-state index in [1.54, 1.807) is 0 Å². The quantitative estimate of drug-likeness (QED) is 0.796. The smallest absolute Gasteiger partial charge is 0.0642 e. The van der Waals surface area contributed by atoms with Crippen LogP contribution in [0.2, 0.25) is 0 Å². The van der Waals surface area contributed by atoms with Crippen molar-refractivity contribution in [2.45, 2.75) is 12.8 Å².